The lowest BCUT2D eigenvalue weighted by Crippen LogP contribution is -2.77. The van der Waals surface area contributed by atoms with Crippen LogP contribution in [0, 0.1) is 20.2 Å². The number of carbonyl (C=O) groups is 4. The van der Waals surface area contributed by atoms with Crippen molar-refractivity contribution in [3.8, 4) is 0 Å². The number of benzene rings is 2. The number of aliphatic hydroxyl groups is 2. The summed E-state index contributed by atoms with van der Waals surface area (Å²) in [5, 5.41) is 42.1. The predicted molar refractivity (Wildman–Crippen MR) is 123 cm³/mol. The molecule has 0 saturated carbocycles. The first kappa shape index (κ1) is 26.3. The second-order valence-corrected chi connectivity index (χ2v) is 8.62. The molecule has 3 amide bonds. The Morgan fingerprint density at radius 1 is 1.00 bits per heavy atom. The zero-order valence-electron chi connectivity index (χ0n) is 19.6. The van der Waals surface area contributed by atoms with Gasteiger partial charge >= 0.3 is 5.97 Å². The number of rotatable bonds is 9. The second-order valence-electron chi connectivity index (χ2n) is 8.62. The summed E-state index contributed by atoms with van der Waals surface area (Å²) in [7, 11) is 0. The molecule has 0 radical (unpaired) electrons. The van der Waals surface area contributed by atoms with Gasteiger partial charge in [0.1, 0.15) is 12.6 Å². The highest BCUT2D eigenvalue weighted by Gasteiger charge is 2.59. The van der Waals surface area contributed by atoms with Crippen LogP contribution in [0.1, 0.15) is 33.2 Å². The van der Waals surface area contributed by atoms with E-state index in [4.69, 9.17) is 4.74 Å². The van der Waals surface area contributed by atoms with Gasteiger partial charge in [-0.3, -0.25) is 39.5 Å². The summed E-state index contributed by atoms with van der Waals surface area (Å²) in [6, 6.07) is 3.78. The minimum Gasteiger partial charge on any atom is -0.459 e. The van der Waals surface area contributed by atoms with Gasteiger partial charge < -0.3 is 19.8 Å². The molecule has 2 heterocycles. The quantitative estimate of drug-likeness (QED) is 0.147. The van der Waals surface area contributed by atoms with E-state index in [1.54, 1.807) is 0 Å². The van der Waals surface area contributed by atoms with Gasteiger partial charge in [-0.2, -0.15) is 0 Å². The number of esters is 1. The molecule has 0 aromatic heterocycles. The van der Waals surface area contributed by atoms with E-state index in [1.807, 2.05) is 0 Å². The first-order valence-electron chi connectivity index (χ1n) is 11.1. The summed E-state index contributed by atoms with van der Waals surface area (Å²) in [6.07, 6.45) is -1.48. The highest BCUT2D eigenvalue weighted by Crippen LogP contribution is 2.36. The number of imide groups is 1. The number of likely N-dealkylation sites (tertiary alicyclic amines) is 1. The molecule has 4 rings (SSSR count). The van der Waals surface area contributed by atoms with Crippen molar-refractivity contribution < 1.29 is 44.0 Å². The van der Waals surface area contributed by atoms with E-state index in [2.05, 4.69) is 0 Å². The van der Waals surface area contributed by atoms with Crippen molar-refractivity contribution in [3.05, 3.63) is 79.4 Å². The highest BCUT2D eigenvalue weighted by atomic mass is 16.6. The van der Waals surface area contributed by atoms with Gasteiger partial charge in [0.05, 0.1) is 39.7 Å². The number of fused-ring (bicyclic) bond motifs is 1. The van der Waals surface area contributed by atoms with E-state index in [-0.39, 0.29) is 23.4 Å². The third kappa shape index (κ3) is 4.33. The number of nitro benzene ring substituents is 2. The fraction of sp³-hybridized carbons (Fsp3) is 0.304. The van der Waals surface area contributed by atoms with E-state index in [1.165, 1.54) is 31.2 Å². The van der Waals surface area contributed by atoms with Crippen molar-refractivity contribution in [2.45, 2.75) is 37.8 Å². The minimum atomic E-state index is -1.61. The molecule has 4 atom stereocenters. The molecule has 0 aliphatic carbocycles. The molecule has 2 aliphatic heterocycles. The number of amides is 3. The first-order chi connectivity index (χ1) is 18.0. The average Bonchev–Trinajstić information content (AvgIpc) is 3.12. The SMILES string of the molecule is C[C@@H](O)C(C(=O)OCc1ccc([N+](=O)[O-])cc1)N1C(=O)C(N2C(=O)c3ccc([N+](=O)[O-])cc3C2=O)C1CO. The first-order valence-corrected chi connectivity index (χ1v) is 11.1. The summed E-state index contributed by atoms with van der Waals surface area (Å²) in [4.78, 5) is 73.7. The van der Waals surface area contributed by atoms with E-state index < -0.39 is 70.1 Å². The summed E-state index contributed by atoms with van der Waals surface area (Å²) in [6.45, 7) is 0.0727. The molecule has 3 unspecified atom stereocenters. The number of β-lactam (4-membered cyclic amide) rings is 1. The van der Waals surface area contributed by atoms with Gasteiger partial charge in [-0.25, -0.2) is 4.79 Å². The fourth-order valence-electron chi connectivity index (χ4n) is 4.47. The van der Waals surface area contributed by atoms with E-state index in [0.29, 0.717) is 10.5 Å². The maximum Gasteiger partial charge on any atom is 0.331 e. The second kappa shape index (κ2) is 9.95. The maximum absolute atomic E-state index is 13.1. The number of nitrogens with zero attached hydrogens (tertiary/aromatic N) is 4. The molecule has 2 aromatic rings. The Hall–Kier alpha value is -4.76. The Morgan fingerprint density at radius 2 is 1.58 bits per heavy atom. The van der Waals surface area contributed by atoms with Gasteiger partial charge in [0.2, 0.25) is 5.91 Å². The van der Waals surface area contributed by atoms with Crippen LogP contribution in [0.5, 0.6) is 0 Å². The lowest BCUT2D eigenvalue weighted by atomic mass is 9.90. The molecular weight excluding hydrogens is 508 g/mol. The number of ether oxygens (including phenoxy) is 1. The zero-order chi connectivity index (χ0) is 27.9. The third-order valence-corrected chi connectivity index (χ3v) is 6.33. The van der Waals surface area contributed by atoms with Crippen LogP contribution in [0.4, 0.5) is 11.4 Å². The Morgan fingerprint density at radius 3 is 2.13 bits per heavy atom. The van der Waals surface area contributed by atoms with Crippen molar-refractivity contribution in [1.82, 2.24) is 9.80 Å². The molecule has 15 heteroatoms. The van der Waals surface area contributed by atoms with Gasteiger partial charge in [-0.05, 0) is 30.7 Å². The topological polar surface area (TPSA) is 211 Å². The molecular formula is C23H20N4O11. The average molecular weight is 528 g/mol. The Balaban J connectivity index is 1.52. The lowest BCUT2D eigenvalue weighted by Gasteiger charge is -2.51. The molecule has 0 spiro atoms. The van der Waals surface area contributed by atoms with Crippen LogP contribution >= 0.6 is 0 Å². The molecule has 15 nitrogen and oxygen atoms in total. The standard InChI is InChI=1S/C23H20N4O11/c1-11(29)18(23(33)38-10-12-2-4-13(5-3-12)26(34)35)24-17(9-28)19(22(24)32)25-20(30)15-7-6-14(27(36)37)8-16(15)21(25)31/h2-8,11,17-19,28-29H,9-10H2,1H3/t11-,17?,18?,19?/m1/s1. The van der Waals surface area contributed by atoms with Gasteiger partial charge in [0, 0.05) is 24.3 Å². The summed E-state index contributed by atoms with van der Waals surface area (Å²) in [5.41, 5.74) is -0.649. The molecule has 2 N–H and O–H groups in total. The normalized spacial score (nSPS) is 20.0. The van der Waals surface area contributed by atoms with Crippen LogP contribution in [0.2, 0.25) is 0 Å². The summed E-state index contributed by atoms with van der Waals surface area (Å²) >= 11 is 0. The zero-order valence-corrected chi connectivity index (χ0v) is 19.6. The number of carbonyl (C=O) groups excluding carboxylic acids is 4. The lowest BCUT2D eigenvalue weighted by molar-refractivity contribution is -0.385. The summed E-state index contributed by atoms with van der Waals surface area (Å²) in [5.74, 6) is -3.85. The van der Waals surface area contributed by atoms with Crippen molar-refractivity contribution in [2.24, 2.45) is 0 Å². The van der Waals surface area contributed by atoms with Crippen molar-refractivity contribution in [2.75, 3.05) is 6.61 Å². The van der Waals surface area contributed by atoms with Crippen LogP contribution in [0.15, 0.2) is 42.5 Å². The highest BCUT2D eigenvalue weighted by molar-refractivity contribution is 6.23. The van der Waals surface area contributed by atoms with Crippen LogP contribution in [0.25, 0.3) is 0 Å². The van der Waals surface area contributed by atoms with Crippen molar-refractivity contribution in [3.63, 3.8) is 0 Å². The number of nitro groups is 2. The molecule has 38 heavy (non-hydrogen) atoms. The summed E-state index contributed by atoms with van der Waals surface area (Å²) < 4.78 is 5.18. The van der Waals surface area contributed by atoms with E-state index in [0.717, 1.165) is 23.1 Å². The molecule has 2 aliphatic rings. The maximum atomic E-state index is 13.1. The van der Waals surface area contributed by atoms with Crippen LogP contribution < -0.4 is 0 Å². The van der Waals surface area contributed by atoms with Gasteiger partial charge in [-0.15, -0.1) is 0 Å². The smallest absolute Gasteiger partial charge is 0.331 e. The van der Waals surface area contributed by atoms with Gasteiger partial charge in [-0.1, -0.05) is 0 Å². The Kier molecular flexibility index (Phi) is 6.89. The molecule has 2 aromatic carbocycles. The molecule has 198 valence electrons. The number of hydrogen-bond acceptors (Lipinski definition) is 11. The number of hydrogen-bond donors (Lipinski definition) is 2. The molecule has 0 bridgehead atoms. The van der Waals surface area contributed by atoms with Crippen LogP contribution in [-0.2, 0) is 20.9 Å². The number of non-ortho nitro benzene ring substituents is 2. The van der Waals surface area contributed by atoms with E-state index >= 15 is 0 Å². The van der Waals surface area contributed by atoms with Crippen LogP contribution in [-0.4, -0.2) is 84.4 Å². The predicted octanol–water partition coefficient (Wildman–Crippen LogP) is 0.163. The third-order valence-electron chi connectivity index (χ3n) is 6.33. The van der Waals surface area contributed by atoms with Crippen molar-refractivity contribution in [1.29, 1.82) is 0 Å². The fourth-order valence-corrected chi connectivity index (χ4v) is 4.47. The van der Waals surface area contributed by atoms with E-state index in [9.17, 15) is 49.6 Å². The Labute approximate surface area is 213 Å². The van der Waals surface area contributed by atoms with Crippen LogP contribution in [0.3, 0.4) is 0 Å². The van der Waals surface area contributed by atoms with Crippen molar-refractivity contribution >= 4 is 35.1 Å². The largest absolute Gasteiger partial charge is 0.459 e. The molecule has 1 fully saturated rings. The number of aliphatic hydroxyl groups excluding tert-OH is 2. The minimum absolute atomic E-state index is 0.155. The Bertz CT molecular complexity index is 1360. The van der Waals surface area contributed by atoms with Gasteiger partial charge in [0.15, 0.2) is 6.04 Å². The van der Waals surface area contributed by atoms with Gasteiger partial charge in [0.25, 0.3) is 23.2 Å². The molecule has 1 saturated heterocycles. The monoisotopic (exact) mass is 528 g/mol.